The van der Waals surface area contributed by atoms with Crippen LogP contribution in [0.4, 0.5) is 5.95 Å². The maximum Gasteiger partial charge on any atom is 0.248 e. The summed E-state index contributed by atoms with van der Waals surface area (Å²) in [5.74, 6) is 1.29. The fraction of sp³-hybridized carbons (Fsp3) is 0.273. The van der Waals surface area contributed by atoms with E-state index in [0.29, 0.717) is 53.6 Å². The Hall–Kier alpha value is -2.94. The number of methoxy groups -OCH3 is 1. The van der Waals surface area contributed by atoms with Crippen molar-refractivity contribution in [1.82, 2.24) is 24.5 Å². The van der Waals surface area contributed by atoms with Crippen molar-refractivity contribution in [2.75, 3.05) is 44.8 Å². The lowest BCUT2D eigenvalue weighted by molar-refractivity contribution is -0.135. The van der Waals surface area contributed by atoms with Crippen LogP contribution < -0.4 is 4.90 Å². The third kappa shape index (κ3) is 3.64. The van der Waals surface area contributed by atoms with Gasteiger partial charge < -0.3 is 14.5 Å². The van der Waals surface area contributed by atoms with Gasteiger partial charge in [0, 0.05) is 49.3 Å². The normalized spacial score (nSPS) is 14.5. The topological polar surface area (TPSA) is 75.9 Å². The van der Waals surface area contributed by atoms with Gasteiger partial charge in [0.05, 0.1) is 10.5 Å². The maximum atomic E-state index is 12.2. The Kier molecular flexibility index (Phi) is 5.58. The monoisotopic (exact) mass is 470 g/mol. The number of halogens is 2. The highest BCUT2D eigenvalue weighted by Crippen LogP contribution is 2.32. The minimum Gasteiger partial charge on any atom is -0.375 e. The summed E-state index contributed by atoms with van der Waals surface area (Å²) in [4.78, 5) is 21.1. The zero-order valence-corrected chi connectivity index (χ0v) is 18.8. The molecule has 1 saturated heterocycles. The van der Waals surface area contributed by atoms with Crippen LogP contribution in [0.2, 0.25) is 10.0 Å². The average molecular weight is 471 g/mol. The van der Waals surface area contributed by atoms with Crippen molar-refractivity contribution in [2.24, 2.45) is 0 Å². The van der Waals surface area contributed by atoms with Gasteiger partial charge in [-0.3, -0.25) is 4.79 Å². The van der Waals surface area contributed by atoms with E-state index >= 15 is 0 Å². The molecule has 1 aliphatic rings. The van der Waals surface area contributed by atoms with E-state index in [9.17, 15) is 4.79 Å². The van der Waals surface area contributed by atoms with E-state index in [1.165, 1.54) is 7.11 Å². The number of aromatic nitrogens is 4. The van der Waals surface area contributed by atoms with E-state index in [1.54, 1.807) is 4.90 Å². The first-order valence-electron chi connectivity index (χ1n) is 10.2. The highest BCUT2D eigenvalue weighted by Gasteiger charge is 2.26. The molecule has 5 rings (SSSR count). The third-order valence-corrected chi connectivity index (χ3v) is 6.15. The molecule has 2 aromatic carbocycles. The second-order valence-electron chi connectivity index (χ2n) is 7.54. The minimum absolute atomic E-state index is 0.0170. The molecule has 3 heterocycles. The number of hydrogen-bond acceptors (Lipinski definition) is 6. The van der Waals surface area contributed by atoms with Gasteiger partial charge in [-0.15, -0.1) is 10.2 Å². The molecular weight excluding hydrogens is 451 g/mol. The van der Waals surface area contributed by atoms with E-state index in [-0.39, 0.29) is 12.5 Å². The van der Waals surface area contributed by atoms with Gasteiger partial charge >= 0.3 is 0 Å². The van der Waals surface area contributed by atoms with Crippen molar-refractivity contribution >= 4 is 51.6 Å². The minimum atomic E-state index is -0.0170. The molecule has 4 aromatic rings. The number of ether oxygens (including phenoxy) is 1. The second kappa shape index (κ2) is 8.54. The molecule has 0 unspecified atom stereocenters. The summed E-state index contributed by atoms with van der Waals surface area (Å²) >= 11 is 12.7. The smallest absolute Gasteiger partial charge is 0.248 e. The number of hydrogen-bond donors (Lipinski definition) is 0. The van der Waals surface area contributed by atoms with Gasteiger partial charge in [0.2, 0.25) is 11.9 Å². The fourth-order valence-corrected chi connectivity index (χ4v) is 4.38. The first-order valence-corrected chi connectivity index (χ1v) is 10.9. The highest BCUT2D eigenvalue weighted by atomic mass is 35.5. The Morgan fingerprint density at radius 2 is 1.84 bits per heavy atom. The summed E-state index contributed by atoms with van der Waals surface area (Å²) in [5, 5.41) is 11.0. The first kappa shape index (κ1) is 20.9. The summed E-state index contributed by atoms with van der Waals surface area (Å²) in [6, 6.07) is 13.1. The van der Waals surface area contributed by atoms with E-state index in [4.69, 9.17) is 32.9 Å². The number of anilines is 1. The van der Waals surface area contributed by atoms with Crippen LogP contribution in [0, 0.1) is 0 Å². The predicted molar refractivity (Wildman–Crippen MR) is 124 cm³/mol. The van der Waals surface area contributed by atoms with Gasteiger partial charge in [0.15, 0.2) is 11.5 Å². The van der Waals surface area contributed by atoms with Gasteiger partial charge in [-0.1, -0.05) is 35.3 Å². The lowest BCUT2D eigenvalue weighted by Gasteiger charge is -2.35. The third-order valence-electron chi connectivity index (χ3n) is 5.58. The summed E-state index contributed by atoms with van der Waals surface area (Å²) < 4.78 is 6.92. The molecule has 1 aliphatic heterocycles. The number of carbonyl (C=O) groups is 1. The predicted octanol–water partition coefficient (Wildman–Crippen LogP) is 3.55. The van der Waals surface area contributed by atoms with E-state index in [0.717, 1.165) is 16.5 Å². The Bertz CT molecular complexity index is 1320. The maximum absolute atomic E-state index is 12.2. The van der Waals surface area contributed by atoms with Crippen molar-refractivity contribution in [2.45, 2.75) is 0 Å². The molecule has 2 aromatic heterocycles. The van der Waals surface area contributed by atoms with Crippen molar-refractivity contribution in [3.8, 4) is 11.4 Å². The van der Waals surface area contributed by atoms with E-state index < -0.39 is 0 Å². The number of fused-ring (bicyclic) bond motifs is 3. The Balaban J connectivity index is 1.64. The number of piperazine rings is 1. The second-order valence-corrected chi connectivity index (χ2v) is 8.38. The summed E-state index contributed by atoms with van der Waals surface area (Å²) in [7, 11) is 1.53. The number of benzene rings is 2. The molecule has 0 aliphatic carbocycles. The lowest BCUT2D eigenvalue weighted by Crippen LogP contribution is -2.50. The first-order chi connectivity index (χ1) is 15.6. The quantitative estimate of drug-likeness (QED) is 0.453. The molecule has 1 amide bonds. The summed E-state index contributed by atoms with van der Waals surface area (Å²) in [5.41, 5.74) is 2.18. The van der Waals surface area contributed by atoms with Crippen LogP contribution in [-0.2, 0) is 9.53 Å². The average Bonchev–Trinajstić information content (AvgIpc) is 3.24. The number of nitrogens with zero attached hydrogens (tertiary/aromatic N) is 6. The van der Waals surface area contributed by atoms with Gasteiger partial charge in [-0.2, -0.15) is 0 Å². The van der Waals surface area contributed by atoms with E-state index in [1.807, 2.05) is 46.9 Å². The zero-order valence-electron chi connectivity index (χ0n) is 17.3. The van der Waals surface area contributed by atoms with Crippen molar-refractivity contribution in [1.29, 1.82) is 0 Å². The summed E-state index contributed by atoms with van der Waals surface area (Å²) in [6.07, 6.45) is 0. The highest BCUT2D eigenvalue weighted by molar-refractivity contribution is 6.33. The molecule has 0 bridgehead atoms. The van der Waals surface area contributed by atoms with Crippen LogP contribution in [0.3, 0.4) is 0 Å². The molecule has 32 heavy (non-hydrogen) atoms. The van der Waals surface area contributed by atoms with Crippen molar-refractivity contribution < 1.29 is 9.53 Å². The van der Waals surface area contributed by atoms with Crippen molar-refractivity contribution in [3.63, 3.8) is 0 Å². The molecule has 164 valence electrons. The van der Waals surface area contributed by atoms with Gasteiger partial charge in [0.25, 0.3) is 0 Å². The van der Waals surface area contributed by atoms with Gasteiger partial charge in [-0.25, -0.2) is 9.38 Å². The van der Waals surface area contributed by atoms with Crippen LogP contribution in [0.25, 0.3) is 27.9 Å². The lowest BCUT2D eigenvalue weighted by atomic mass is 10.2. The van der Waals surface area contributed by atoms with Crippen LogP contribution in [0.15, 0.2) is 42.5 Å². The Labute approximate surface area is 194 Å². The Morgan fingerprint density at radius 1 is 1.06 bits per heavy atom. The summed E-state index contributed by atoms with van der Waals surface area (Å²) in [6.45, 7) is 2.46. The molecule has 0 atom stereocenters. The standard InChI is InChI=1S/C22H20Cl2N6O2/c1-32-13-19(31)28-8-10-29(11-9-28)22-25-18-12-14(23)6-7-16(18)21-27-26-20(30(21)22)15-4-2-3-5-17(15)24/h2-7,12H,8-11,13H2,1H3. The number of carbonyl (C=O) groups excluding carboxylic acids is 1. The molecular formula is C22H20Cl2N6O2. The molecule has 10 heteroatoms. The molecule has 0 radical (unpaired) electrons. The van der Waals surface area contributed by atoms with Crippen molar-refractivity contribution in [3.05, 3.63) is 52.5 Å². The largest absolute Gasteiger partial charge is 0.375 e. The molecule has 0 saturated carbocycles. The molecule has 0 spiro atoms. The molecule has 8 nitrogen and oxygen atoms in total. The fourth-order valence-electron chi connectivity index (χ4n) is 3.99. The molecule has 0 N–H and O–H groups in total. The Morgan fingerprint density at radius 3 is 2.59 bits per heavy atom. The van der Waals surface area contributed by atoms with Gasteiger partial charge in [0.1, 0.15) is 6.61 Å². The van der Waals surface area contributed by atoms with E-state index in [2.05, 4.69) is 15.1 Å². The molecule has 1 fully saturated rings. The SMILES string of the molecule is COCC(=O)N1CCN(c2nc3cc(Cl)ccc3c3nnc(-c4ccccc4Cl)n23)CC1. The van der Waals surface area contributed by atoms with Crippen LogP contribution in [0.1, 0.15) is 0 Å². The van der Waals surface area contributed by atoms with Crippen LogP contribution in [-0.4, -0.2) is 70.3 Å². The number of rotatable bonds is 4. The zero-order chi connectivity index (χ0) is 22.2. The van der Waals surface area contributed by atoms with Gasteiger partial charge in [-0.05, 0) is 30.3 Å². The van der Waals surface area contributed by atoms with Crippen LogP contribution >= 0.6 is 23.2 Å². The number of amides is 1. The van der Waals surface area contributed by atoms with Crippen LogP contribution in [0.5, 0.6) is 0 Å².